The van der Waals surface area contributed by atoms with Crippen LogP contribution in [0.15, 0.2) is 47.0 Å². The van der Waals surface area contributed by atoms with Crippen LogP contribution in [0.5, 0.6) is 5.75 Å². The number of H-pyrrole nitrogens is 1. The highest BCUT2D eigenvalue weighted by molar-refractivity contribution is 5.89. The van der Waals surface area contributed by atoms with Gasteiger partial charge in [0.2, 0.25) is 5.89 Å². The van der Waals surface area contributed by atoms with Crippen molar-refractivity contribution in [2.24, 2.45) is 0 Å². The van der Waals surface area contributed by atoms with Gasteiger partial charge in [0.05, 0.1) is 7.11 Å². The Morgan fingerprint density at radius 1 is 1.25 bits per heavy atom. The number of aryl methyl sites for hydroxylation is 1. The number of fused-ring (bicyclic) bond motifs is 2. The fourth-order valence-corrected chi connectivity index (χ4v) is 3.23. The molecule has 4 rings (SSSR count). The zero-order valence-electron chi connectivity index (χ0n) is 13.8. The molecule has 4 aromatic rings. The first-order chi connectivity index (χ1) is 11.5. The van der Waals surface area contributed by atoms with Crippen LogP contribution in [0, 0.1) is 6.92 Å². The molecule has 122 valence electrons. The highest BCUT2D eigenvalue weighted by Gasteiger charge is 2.36. The van der Waals surface area contributed by atoms with Gasteiger partial charge in [-0.25, -0.2) is 4.98 Å². The number of para-hydroxylation sites is 2. The minimum atomic E-state index is -1.43. The van der Waals surface area contributed by atoms with E-state index >= 15 is 0 Å². The fraction of sp³-hybridized carbons (Fsp3) is 0.211. The topological polar surface area (TPSA) is 71.3 Å². The SMILES string of the molecule is COc1cc(C)c2[nH]ccc2c1C(C)(O)c1nc2ccccc2o1. The Bertz CT molecular complexity index is 1010. The molecule has 0 spiro atoms. The van der Waals surface area contributed by atoms with Crippen LogP contribution in [0.1, 0.15) is 23.9 Å². The zero-order chi connectivity index (χ0) is 16.9. The Hall–Kier alpha value is -2.79. The smallest absolute Gasteiger partial charge is 0.232 e. The van der Waals surface area contributed by atoms with Gasteiger partial charge in [0.25, 0.3) is 0 Å². The summed E-state index contributed by atoms with van der Waals surface area (Å²) in [4.78, 5) is 7.68. The molecular formula is C19H18N2O3. The van der Waals surface area contributed by atoms with E-state index in [-0.39, 0.29) is 5.89 Å². The summed E-state index contributed by atoms with van der Waals surface area (Å²) >= 11 is 0. The van der Waals surface area contributed by atoms with E-state index in [0.717, 1.165) is 16.5 Å². The van der Waals surface area contributed by atoms with Gasteiger partial charge in [-0.05, 0) is 43.7 Å². The van der Waals surface area contributed by atoms with E-state index in [9.17, 15) is 5.11 Å². The molecule has 0 amide bonds. The summed E-state index contributed by atoms with van der Waals surface area (Å²) in [6, 6.07) is 11.3. The van der Waals surface area contributed by atoms with E-state index in [4.69, 9.17) is 9.15 Å². The molecule has 0 bridgehead atoms. The van der Waals surface area contributed by atoms with Gasteiger partial charge in [-0.3, -0.25) is 0 Å². The minimum Gasteiger partial charge on any atom is -0.496 e. The van der Waals surface area contributed by atoms with Crippen LogP contribution in [0.2, 0.25) is 0 Å². The molecule has 1 unspecified atom stereocenters. The Balaban J connectivity index is 2.01. The number of oxazole rings is 1. The van der Waals surface area contributed by atoms with Crippen molar-refractivity contribution in [1.29, 1.82) is 0 Å². The van der Waals surface area contributed by atoms with Crippen molar-refractivity contribution in [3.63, 3.8) is 0 Å². The maximum atomic E-state index is 11.3. The lowest BCUT2D eigenvalue weighted by Crippen LogP contribution is -2.24. The van der Waals surface area contributed by atoms with E-state index in [1.807, 2.05) is 49.5 Å². The van der Waals surface area contributed by atoms with Gasteiger partial charge >= 0.3 is 0 Å². The second kappa shape index (κ2) is 5.11. The summed E-state index contributed by atoms with van der Waals surface area (Å²) in [6.07, 6.45) is 1.85. The second-order valence-corrected chi connectivity index (χ2v) is 6.10. The zero-order valence-corrected chi connectivity index (χ0v) is 13.8. The number of hydrogen-bond donors (Lipinski definition) is 2. The fourth-order valence-electron chi connectivity index (χ4n) is 3.23. The number of nitrogens with zero attached hydrogens (tertiary/aromatic N) is 1. The van der Waals surface area contributed by atoms with Crippen molar-refractivity contribution >= 4 is 22.0 Å². The molecule has 2 heterocycles. The monoisotopic (exact) mass is 322 g/mol. The molecule has 2 N–H and O–H groups in total. The molecule has 0 aliphatic heterocycles. The molecule has 1 atom stereocenters. The molecule has 5 heteroatoms. The third-order valence-electron chi connectivity index (χ3n) is 4.42. The number of methoxy groups -OCH3 is 1. The lowest BCUT2D eigenvalue weighted by molar-refractivity contribution is 0.0715. The molecule has 0 saturated heterocycles. The highest BCUT2D eigenvalue weighted by atomic mass is 16.5. The third-order valence-corrected chi connectivity index (χ3v) is 4.42. The van der Waals surface area contributed by atoms with Gasteiger partial charge in [-0.15, -0.1) is 0 Å². The second-order valence-electron chi connectivity index (χ2n) is 6.10. The average molecular weight is 322 g/mol. The number of nitrogens with one attached hydrogen (secondary N) is 1. The summed E-state index contributed by atoms with van der Waals surface area (Å²) in [6.45, 7) is 3.68. The van der Waals surface area contributed by atoms with Gasteiger partial charge in [-0.1, -0.05) is 12.1 Å². The van der Waals surface area contributed by atoms with Gasteiger partial charge in [0, 0.05) is 22.7 Å². The number of aromatic amines is 1. The number of ether oxygens (including phenoxy) is 1. The van der Waals surface area contributed by atoms with Gasteiger partial charge < -0.3 is 19.2 Å². The van der Waals surface area contributed by atoms with Crippen LogP contribution in [0.3, 0.4) is 0 Å². The van der Waals surface area contributed by atoms with Gasteiger partial charge in [0.15, 0.2) is 11.2 Å². The minimum absolute atomic E-state index is 0.244. The Morgan fingerprint density at radius 2 is 2.04 bits per heavy atom. The van der Waals surface area contributed by atoms with Gasteiger partial charge in [-0.2, -0.15) is 0 Å². The predicted molar refractivity (Wildman–Crippen MR) is 92.3 cm³/mol. The van der Waals surface area contributed by atoms with Crippen LogP contribution < -0.4 is 4.74 Å². The molecule has 24 heavy (non-hydrogen) atoms. The maximum Gasteiger partial charge on any atom is 0.232 e. The number of aromatic nitrogens is 2. The predicted octanol–water partition coefficient (Wildman–Crippen LogP) is 3.88. The normalized spacial score (nSPS) is 14.2. The summed E-state index contributed by atoms with van der Waals surface area (Å²) in [5.74, 6) is 0.847. The summed E-state index contributed by atoms with van der Waals surface area (Å²) < 4.78 is 11.4. The Kier molecular flexibility index (Phi) is 3.15. The molecule has 0 radical (unpaired) electrons. The van der Waals surface area contributed by atoms with Crippen molar-refractivity contribution in [3.05, 3.63) is 59.6 Å². The average Bonchev–Trinajstić information content (AvgIpc) is 3.21. The molecule has 2 aromatic heterocycles. The number of hydrogen-bond acceptors (Lipinski definition) is 4. The molecule has 0 fully saturated rings. The van der Waals surface area contributed by atoms with Crippen LogP contribution in [-0.4, -0.2) is 22.2 Å². The van der Waals surface area contributed by atoms with Crippen LogP contribution in [-0.2, 0) is 5.60 Å². The first kappa shape index (κ1) is 14.8. The molecular weight excluding hydrogens is 304 g/mol. The Labute approximate surface area is 138 Å². The van der Waals surface area contributed by atoms with Crippen LogP contribution >= 0.6 is 0 Å². The molecule has 0 saturated carbocycles. The van der Waals surface area contributed by atoms with Crippen LogP contribution in [0.25, 0.3) is 22.0 Å². The van der Waals surface area contributed by atoms with E-state index in [2.05, 4.69) is 9.97 Å². The first-order valence-corrected chi connectivity index (χ1v) is 7.76. The lowest BCUT2D eigenvalue weighted by Gasteiger charge is -2.24. The number of aliphatic hydroxyl groups is 1. The first-order valence-electron chi connectivity index (χ1n) is 7.76. The Morgan fingerprint density at radius 3 is 2.79 bits per heavy atom. The largest absolute Gasteiger partial charge is 0.496 e. The summed E-state index contributed by atoms with van der Waals surface area (Å²) in [7, 11) is 1.60. The molecule has 0 aliphatic carbocycles. The van der Waals surface area contributed by atoms with Crippen molar-refractivity contribution in [2.75, 3.05) is 7.11 Å². The summed E-state index contributed by atoms with van der Waals surface area (Å²) in [5, 5.41) is 12.2. The molecule has 2 aromatic carbocycles. The van der Waals surface area contributed by atoms with Crippen molar-refractivity contribution in [3.8, 4) is 5.75 Å². The maximum absolute atomic E-state index is 11.3. The highest BCUT2D eigenvalue weighted by Crippen LogP contribution is 2.41. The van der Waals surface area contributed by atoms with Crippen molar-refractivity contribution < 1.29 is 14.3 Å². The van der Waals surface area contributed by atoms with E-state index < -0.39 is 5.60 Å². The lowest BCUT2D eigenvalue weighted by atomic mass is 9.90. The summed E-state index contributed by atoms with van der Waals surface area (Å²) in [5.41, 5.74) is 2.57. The van der Waals surface area contributed by atoms with E-state index in [1.54, 1.807) is 14.0 Å². The van der Waals surface area contributed by atoms with Crippen molar-refractivity contribution in [2.45, 2.75) is 19.4 Å². The standard InChI is InChI=1S/C19H18N2O3/c1-11-10-15(23-3)16(12-8-9-20-17(11)12)19(2,22)18-21-13-6-4-5-7-14(13)24-18/h4-10,20,22H,1-3H3. The van der Waals surface area contributed by atoms with Crippen molar-refractivity contribution in [1.82, 2.24) is 9.97 Å². The molecule has 0 aliphatic rings. The molecule has 5 nitrogen and oxygen atoms in total. The quantitative estimate of drug-likeness (QED) is 0.600. The van der Waals surface area contributed by atoms with Crippen LogP contribution in [0.4, 0.5) is 0 Å². The van der Waals surface area contributed by atoms with E-state index in [1.165, 1.54) is 0 Å². The number of rotatable bonds is 3. The third kappa shape index (κ3) is 2.02. The van der Waals surface area contributed by atoms with Gasteiger partial charge in [0.1, 0.15) is 11.3 Å². The van der Waals surface area contributed by atoms with E-state index in [0.29, 0.717) is 22.4 Å². The number of benzene rings is 2.